The summed E-state index contributed by atoms with van der Waals surface area (Å²) in [5.41, 5.74) is 10.1. The number of allylic oxidation sites excluding steroid dienone is 2. The van der Waals surface area contributed by atoms with Crippen molar-refractivity contribution in [1.29, 1.82) is 0 Å². The quantitative estimate of drug-likeness (QED) is 0.326. The molecule has 0 aromatic heterocycles. The molecule has 3 unspecified atom stereocenters. The van der Waals surface area contributed by atoms with Crippen molar-refractivity contribution >= 4 is 11.5 Å². The zero-order valence-electron chi connectivity index (χ0n) is 25.7. The fourth-order valence-corrected chi connectivity index (χ4v) is 12.2. The Morgan fingerprint density at radius 1 is 1.00 bits per heavy atom. The van der Waals surface area contributed by atoms with Crippen LogP contribution in [0.2, 0.25) is 0 Å². The van der Waals surface area contributed by atoms with E-state index in [-0.39, 0.29) is 39.4 Å². The molecular weight excluding hydrogens is 513 g/mol. The van der Waals surface area contributed by atoms with Crippen LogP contribution in [0.1, 0.15) is 108 Å². The Kier molecular flexibility index (Phi) is 6.57. The van der Waals surface area contributed by atoms with E-state index in [0.29, 0.717) is 29.6 Å². The van der Waals surface area contributed by atoms with E-state index in [1.165, 1.54) is 37.8 Å². The summed E-state index contributed by atoms with van der Waals surface area (Å²) in [4.78, 5) is 11.4. The van der Waals surface area contributed by atoms with Crippen molar-refractivity contribution in [2.45, 2.75) is 97.9 Å². The Balaban J connectivity index is 1.36. The highest BCUT2D eigenvalue weighted by molar-refractivity contribution is 5.88. The van der Waals surface area contributed by atoms with E-state index in [1.807, 2.05) is 0 Å². The van der Waals surface area contributed by atoms with Gasteiger partial charge in [0.1, 0.15) is 5.82 Å². The lowest BCUT2D eigenvalue weighted by atomic mass is 9.33. The Labute approximate surface area is 245 Å². The van der Waals surface area contributed by atoms with Crippen molar-refractivity contribution < 1.29 is 19.4 Å². The largest absolute Gasteiger partial charge is 0.478 e. The van der Waals surface area contributed by atoms with Gasteiger partial charge in [0.25, 0.3) is 0 Å². The van der Waals surface area contributed by atoms with Gasteiger partial charge in [-0.25, -0.2) is 9.18 Å². The molecule has 1 aromatic carbocycles. The van der Waals surface area contributed by atoms with Crippen LogP contribution in [-0.4, -0.2) is 28.3 Å². The Morgan fingerprint density at radius 2 is 1.73 bits per heavy atom. The summed E-state index contributed by atoms with van der Waals surface area (Å²) in [5, 5.41) is 19.4. The predicted molar refractivity (Wildman–Crippen MR) is 162 cm³/mol. The summed E-state index contributed by atoms with van der Waals surface area (Å²) in [7, 11) is 0. The van der Waals surface area contributed by atoms with E-state index < -0.39 is 11.8 Å². The summed E-state index contributed by atoms with van der Waals surface area (Å²) >= 11 is 0. The van der Waals surface area contributed by atoms with Crippen LogP contribution in [0.5, 0.6) is 0 Å². The molecule has 4 N–H and O–H groups in total. The van der Waals surface area contributed by atoms with Crippen LogP contribution in [0.15, 0.2) is 36.4 Å². The van der Waals surface area contributed by atoms with Gasteiger partial charge < -0.3 is 15.9 Å². The number of fused-ring (bicyclic) bond motifs is 7. The number of carboxylic acids is 1. The molecule has 0 bridgehead atoms. The minimum Gasteiger partial charge on any atom is -0.478 e. The molecular formula is C36H50FNO3. The molecule has 0 heterocycles. The second kappa shape index (κ2) is 9.26. The van der Waals surface area contributed by atoms with Gasteiger partial charge in [0.05, 0.1) is 12.2 Å². The van der Waals surface area contributed by atoms with Crippen LogP contribution in [0.4, 0.5) is 4.39 Å². The maximum absolute atomic E-state index is 14.8. The second-order valence-electron chi connectivity index (χ2n) is 15.9. The van der Waals surface area contributed by atoms with Crippen LogP contribution in [0, 0.1) is 57.1 Å². The second-order valence-corrected chi connectivity index (χ2v) is 15.9. The van der Waals surface area contributed by atoms with E-state index in [1.54, 1.807) is 6.07 Å². The van der Waals surface area contributed by atoms with Gasteiger partial charge in [-0.05, 0) is 138 Å². The van der Waals surface area contributed by atoms with Gasteiger partial charge in [0.2, 0.25) is 0 Å². The van der Waals surface area contributed by atoms with Gasteiger partial charge >= 0.3 is 5.97 Å². The molecule has 0 aliphatic heterocycles. The Morgan fingerprint density at radius 3 is 2.39 bits per heavy atom. The van der Waals surface area contributed by atoms with Gasteiger partial charge in [-0.1, -0.05) is 53.3 Å². The smallest absolute Gasteiger partial charge is 0.338 e. The third kappa shape index (κ3) is 3.79. The number of hydrogen-bond donors (Lipinski definition) is 3. The summed E-state index contributed by atoms with van der Waals surface area (Å²) in [6, 6.07) is 4.64. The third-order valence-electron chi connectivity index (χ3n) is 14.3. The topological polar surface area (TPSA) is 83.5 Å². The number of rotatable bonds is 4. The van der Waals surface area contributed by atoms with Crippen molar-refractivity contribution in [2.75, 3.05) is 6.61 Å². The van der Waals surface area contributed by atoms with Gasteiger partial charge in [-0.2, -0.15) is 0 Å². The minimum atomic E-state index is -1.23. The van der Waals surface area contributed by atoms with E-state index in [9.17, 15) is 19.4 Å². The minimum absolute atomic E-state index is 0.0625. The van der Waals surface area contributed by atoms with Gasteiger partial charge in [-0.15, -0.1) is 0 Å². The lowest BCUT2D eigenvalue weighted by molar-refractivity contribution is -0.217. The van der Waals surface area contributed by atoms with Gasteiger partial charge in [0, 0.05) is 5.54 Å². The van der Waals surface area contributed by atoms with Crippen LogP contribution in [0.3, 0.4) is 0 Å². The molecule has 0 saturated heterocycles. The maximum atomic E-state index is 14.8. The molecule has 4 fully saturated rings. The maximum Gasteiger partial charge on any atom is 0.338 e. The third-order valence-corrected chi connectivity index (χ3v) is 14.3. The Bertz CT molecular complexity index is 1320. The zero-order valence-corrected chi connectivity index (χ0v) is 25.7. The Hall–Kier alpha value is -1.98. The summed E-state index contributed by atoms with van der Waals surface area (Å²) in [6.45, 7) is 16.7. The summed E-state index contributed by atoms with van der Waals surface area (Å²) in [6.07, 6.45) is 12.4. The average Bonchev–Trinajstić information content (AvgIpc) is 3.25. The number of carboxylic acid groups (broad SMARTS) is 1. The first-order chi connectivity index (χ1) is 19.1. The lowest BCUT2D eigenvalue weighted by Crippen LogP contribution is -2.67. The van der Waals surface area contributed by atoms with Crippen LogP contribution < -0.4 is 5.73 Å². The number of aliphatic hydroxyl groups is 1. The standard InChI is InChI=1S/C36H50FNO3/c1-21(20-39)23-11-16-36(38)18-17-34(5)26(30(23)36)9-10-29-33(4)14-12-25(22-7-8-24(31(40)41)27(37)19-22)32(2,3)28(33)13-15-35(29,34)6/h7-8,12,19,23,26,28-30,39H,1,9-11,13-18,20,38H2,2-6H3,(H,40,41)/t23-,26+,28?,29?,30?,33-,34+,35+,36-/m0/s1. The predicted octanol–water partition coefficient (Wildman–Crippen LogP) is 7.86. The van der Waals surface area contributed by atoms with Crippen molar-refractivity contribution in [3.8, 4) is 0 Å². The molecule has 41 heavy (non-hydrogen) atoms. The molecule has 0 amide bonds. The highest BCUT2D eigenvalue weighted by Crippen LogP contribution is 2.76. The molecule has 0 spiro atoms. The van der Waals surface area contributed by atoms with Crippen LogP contribution in [-0.2, 0) is 0 Å². The van der Waals surface area contributed by atoms with E-state index in [2.05, 4.69) is 47.3 Å². The molecule has 9 atom stereocenters. The lowest BCUT2D eigenvalue weighted by Gasteiger charge is -2.72. The number of aliphatic hydroxyl groups excluding tert-OH is 1. The molecule has 6 rings (SSSR count). The molecule has 5 aliphatic carbocycles. The molecule has 4 saturated carbocycles. The highest BCUT2D eigenvalue weighted by atomic mass is 19.1. The molecule has 5 heteroatoms. The van der Waals surface area contributed by atoms with Crippen LogP contribution >= 0.6 is 0 Å². The molecule has 224 valence electrons. The first-order valence-corrected chi connectivity index (χ1v) is 16.0. The highest BCUT2D eigenvalue weighted by Gasteiger charge is 2.70. The number of aromatic carboxylic acids is 1. The van der Waals surface area contributed by atoms with E-state index >= 15 is 0 Å². The fraction of sp³-hybridized carbons (Fsp3) is 0.694. The van der Waals surface area contributed by atoms with Crippen LogP contribution in [0.25, 0.3) is 5.57 Å². The zero-order chi connectivity index (χ0) is 29.8. The van der Waals surface area contributed by atoms with E-state index in [0.717, 1.165) is 48.8 Å². The number of carbonyl (C=O) groups is 1. The number of nitrogens with two attached hydrogens (primary N) is 1. The average molecular weight is 564 g/mol. The summed E-state index contributed by atoms with van der Waals surface area (Å²) in [5.74, 6) is 0.441. The molecule has 1 aromatic rings. The number of hydrogen-bond acceptors (Lipinski definition) is 3. The molecule has 5 aliphatic rings. The summed E-state index contributed by atoms with van der Waals surface area (Å²) < 4.78 is 14.8. The van der Waals surface area contributed by atoms with Crippen molar-refractivity contribution in [2.24, 2.45) is 57.0 Å². The number of halogens is 1. The van der Waals surface area contributed by atoms with Crippen molar-refractivity contribution in [3.63, 3.8) is 0 Å². The molecule has 4 nitrogen and oxygen atoms in total. The first kappa shape index (κ1) is 29.1. The fourth-order valence-electron chi connectivity index (χ4n) is 12.2. The number of benzene rings is 1. The SMILES string of the molecule is C=C(CO)[C@@H]1CC[C@]2(N)CC[C@]3(C)[C@H](CCC4[C@@]5(C)CC=C(c6ccc(C(=O)O)c(F)c6)C(C)(C)C5CC[C@]43C)C12. The van der Waals surface area contributed by atoms with Crippen molar-refractivity contribution in [1.82, 2.24) is 0 Å². The van der Waals surface area contributed by atoms with Gasteiger partial charge in [-0.3, -0.25) is 0 Å². The first-order valence-electron chi connectivity index (χ1n) is 16.0. The normalized spacial score (nSPS) is 44.6. The van der Waals surface area contributed by atoms with E-state index in [4.69, 9.17) is 5.73 Å². The monoisotopic (exact) mass is 563 g/mol. The molecule has 0 radical (unpaired) electrons. The van der Waals surface area contributed by atoms with Crippen molar-refractivity contribution in [3.05, 3.63) is 53.4 Å². The van der Waals surface area contributed by atoms with Gasteiger partial charge in [0.15, 0.2) is 0 Å².